The topological polar surface area (TPSA) is 83.9 Å². The zero-order valence-electron chi connectivity index (χ0n) is 21.7. The maximum absolute atomic E-state index is 12.8. The molecule has 0 aliphatic carbocycles. The Balaban J connectivity index is 2.42. The van der Waals surface area contributed by atoms with Crippen molar-refractivity contribution in [3.05, 3.63) is 0 Å². The van der Waals surface area contributed by atoms with E-state index in [4.69, 9.17) is 4.74 Å². The molecule has 32 heavy (non-hydrogen) atoms. The van der Waals surface area contributed by atoms with Crippen LogP contribution in [0, 0.1) is 5.92 Å². The van der Waals surface area contributed by atoms with Gasteiger partial charge in [-0.3, -0.25) is 4.90 Å². The third-order valence-corrected chi connectivity index (χ3v) is 8.88. The number of rotatable bonds is 13. The third-order valence-electron chi connectivity index (χ3n) is 6.38. The van der Waals surface area contributed by atoms with Gasteiger partial charge in [-0.05, 0) is 47.0 Å². The van der Waals surface area contributed by atoms with Crippen LogP contribution in [0.1, 0.15) is 119 Å². The molecule has 1 heterocycles. The summed E-state index contributed by atoms with van der Waals surface area (Å²) in [6.07, 6.45) is 11.0. The van der Waals surface area contributed by atoms with E-state index < -0.39 is 38.5 Å². The molecule has 6 nitrogen and oxygen atoms in total. The van der Waals surface area contributed by atoms with Gasteiger partial charge in [0.05, 0.1) is 17.9 Å². The van der Waals surface area contributed by atoms with E-state index in [1.54, 1.807) is 20.8 Å². The smallest absolute Gasteiger partial charge is 0.411 e. The fraction of sp³-hybridized carbons (Fsp3) is 0.960. The van der Waals surface area contributed by atoms with Crippen molar-refractivity contribution in [1.29, 1.82) is 0 Å². The van der Waals surface area contributed by atoms with Crippen LogP contribution in [-0.4, -0.2) is 52.9 Å². The van der Waals surface area contributed by atoms with Crippen LogP contribution in [0.15, 0.2) is 0 Å². The van der Waals surface area contributed by atoms with E-state index in [1.165, 1.54) is 63.7 Å². The summed E-state index contributed by atoms with van der Waals surface area (Å²) < 4.78 is 30.8. The molecule has 0 aromatic carbocycles. The van der Waals surface area contributed by atoms with E-state index in [-0.39, 0.29) is 5.75 Å². The molecule has 2 atom stereocenters. The molecule has 0 unspecified atom stereocenters. The molecule has 0 aromatic rings. The lowest BCUT2D eigenvalue weighted by molar-refractivity contribution is -0.0126. The minimum Gasteiger partial charge on any atom is -0.444 e. The monoisotopic (exact) mass is 475 g/mol. The van der Waals surface area contributed by atoms with Gasteiger partial charge in [0.25, 0.3) is 0 Å². The molecule has 0 saturated carbocycles. The number of amides is 1. The minimum absolute atomic E-state index is 0.225. The Morgan fingerprint density at radius 3 is 1.84 bits per heavy atom. The minimum atomic E-state index is -3.56. The number of carbonyl (C=O) groups is 1. The van der Waals surface area contributed by atoms with Gasteiger partial charge in [-0.1, -0.05) is 78.1 Å². The van der Waals surface area contributed by atoms with Gasteiger partial charge in [-0.15, -0.1) is 0 Å². The van der Waals surface area contributed by atoms with Gasteiger partial charge >= 0.3 is 6.09 Å². The van der Waals surface area contributed by atoms with E-state index in [0.717, 1.165) is 25.2 Å². The third kappa shape index (κ3) is 9.20. The summed E-state index contributed by atoms with van der Waals surface area (Å²) in [6, 6.07) is -0.768. The maximum atomic E-state index is 12.8. The van der Waals surface area contributed by atoms with Crippen LogP contribution < -0.4 is 0 Å². The largest absolute Gasteiger partial charge is 0.444 e. The second kappa shape index (κ2) is 12.6. The summed E-state index contributed by atoms with van der Waals surface area (Å²) in [5, 5.41) is 10.8. The first-order valence-electron chi connectivity index (χ1n) is 12.6. The van der Waals surface area contributed by atoms with Gasteiger partial charge in [-0.25, -0.2) is 13.2 Å². The molecule has 1 rings (SSSR count). The lowest BCUT2D eigenvalue weighted by Gasteiger charge is -2.36. The van der Waals surface area contributed by atoms with Crippen LogP contribution in [0.4, 0.5) is 4.79 Å². The highest BCUT2D eigenvalue weighted by molar-refractivity contribution is 7.93. The quantitative estimate of drug-likeness (QED) is 0.327. The molecule has 1 N–H and O–H groups in total. The number of unbranched alkanes of at least 4 members (excludes halogenated alkanes) is 8. The first-order chi connectivity index (χ1) is 14.7. The average molecular weight is 476 g/mol. The summed E-state index contributed by atoms with van der Waals surface area (Å²) in [5.41, 5.74) is -0.733. The van der Waals surface area contributed by atoms with Gasteiger partial charge in [-0.2, -0.15) is 0 Å². The van der Waals surface area contributed by atoms with Crippen molar-refractivity contribution in [2.45, 2.75) is 142 Å². The molecule has 1 aliphatic rings. The number of hydrogen-bond donors (Lipinski definition) is 1. The SMILES string of the molecule is CC(C)CCCCCCCCCCC[C@@H](O)[C@@H]1CS(=O)(=O)C(C)(C)N1C(=O)OC(C)(C)C. The van der Waals surface area contributed by atoms with E-state index in [9.17, 15) is 18.3 Å². The highest BCUT2D eigenvalue weighted by Crippen LogP contribution is 2.37. The zero-order chi connectivity index (χ0) is 24.6. The molecule has 1 aliphatic heterocycles. The number of aliphatic hydroxyl groups excluding tert-OH is 1. The van der Waals surface area contributed by atoms with Crippen molar-refractivity contribution in [2.24, 2.45) is 5.92 Å². The predicted octanol–water partition coefficient (Wildman–Crippen LogP) is 6.06. The fourth-order valence-corrected chi connectivity index (χ4v) is 6.08. The second-order valence-electron chi connectivity index (χ2n) is 11.4. The summed E-state index contributed by atoms with van der Waals surface area (Å²) in [5.74, 6) is 0.578. The van der Waals surface area contributed by atoms with Crippen LogP contribution in [0.3, 0.4) is 0 Å². The molecule has 190 valence electrons. The number of hydrogen-bond acceptors (Lipinski definition) is 5. The lowest BCUT2D eigenvalue weighted by Crippen LogP contribution is -2.54. The van der Waals surface area contributed by atoms with E-state index in [0.29, 0.717) is 6.42 Å². The molecular weight excluding hydrogens is 426 g/mol. The number of ether oxygens (including phenoxy) is 1. The Kier molecular flexibility index (Phi) is 11.5. The van der Waals surface area contributed by atoms with E-state index in [1.807, 2.05) is 0 Å². The molecule has 0 bridgehead atoms. The van der Waals surface area contributed by atoms with Gasteiger partial charge in [0.15, 0.2) is 9.84 Å². The molecule has 0 spiro atoms. The van der Waals surface area contributed by atoms with Gasteiger partial charge in [0, 0.05) is 0 Å². The molecule has 0 radical (unpaired) electrons. The fourth-order valence-electron chi connectivity index (χ4n) is 4.34. The van der Waals surface area contributed by atoms with Crippen molar-refractivity contribution in [2.75, 3.05) is 5.75 Å². The van der Waals surface area contributed by atoms with Crippen molar-refractivity contribution in [3.63, 3.8) is 0 Å². The van der Waals surface area contributed by atoms with Crippen LogP contribution in [0.5, 0.6) is 0 Å². The van der Waals surface area contributed by atoms with Gasteiger partial charge in [0.2, 0.25) is 0 Å². The highest BCUT2D eigenvalue weighted by atomic mass is 32.2. The molecule has 1 fully saturated rings. The normalized spacial score (nSPS) is 21.2. The second-order valence-corrected chi connectivity index (χ2v) is 13.9. The molecule has 7 heteroatoms. The standard InChI is InChI=1S/C25H49NO5S/c1-20(2)17-15-13-11-9-8-10-12-14-16-18-22(27)21-19-32(29,30)25(6,7)26(21)23(28)31-24(3,4)5/h20-22,27H,8-19H2,1-7H3/t21-,22+/m0/s1. The van der Waals surface area contributed by atoms with Crippen LogP contribution in [0.2, 0.25) is 0 Å². The Labute approximate surface area is 197 Å². The number of aliphatic hydroxyl groups is 1. The first kappa shape index (κ1) is 29.2. The number of carbonyl (C=O) groups excluding carboxylic acids is 1. The maximum Gasteiger partial charge on any atom is 0.411 e. The Morgan fingerprint density at radius 2 is 1.41 bits per heavy atom. The summed E-state index contributed by atoms with van der Waals surface area (Å²) >= 11 is 0. The first-order valence-corrected chi connectivity index (χ1v) is 14.3. The summed E-state index contributed by atoms with van der Waals surface area (Å²) in [4.78, 5) is 12.6. The van der Waals surface area contributed by atoms with E-state index >= 15 is 0 Å². The van der Waals surface area contributed by atoms with Crippen LogP contribution >= 0.6 is 0 Å². The summed E-state index contributed by atoms with van der Waals surface area (Å²) in [7, 11) is -3.56. The molecular formula is C25H49NO5S. The Morgan fingerprint density at radius 1 is 0.969 bits per heavy atom. The van der Waals surface area contributed by atoms with Crippen molar-refractivity contribution in [3.8, 4) is 0 Å². The van der Waals surface area contributed by atoms with Crippen molar-refractivity contribution >= 4 is 15.9 Å². The molecule has 1 amide bonds. The summed E-state index contributed by atoms with van der Waals surface area (Å²) in [6.45, 7) is 12.8. The van der Waals surface area contributed by atoms with Gasteiger partial charge < -0.3 is 9.84 Å². The van der Waals surface area contributed by atoms with E-state index in [2.05, 4.69) is 13.8 Å². The molecule has 1 saturated heterocycles. The Hall–Kier alpha value is -0.820. The Bertz CT molecular complexity index is 666. The van der Waals surface area contributed by atoms with Crippen molar-refractivity contribution < 1.29 is 23.1 Å². The van der Waals surface area contributed by atoms with Crippen molar-refractivity contribution in [1.82, 2.24) is 4.90 Å². The average Bonchev–Trinajstić information content (AvgIpc) is 2.82. The van der Waals surface area contributed by atoms with Crippen LogP contribution in [0.25, 0.3) is 0 Å². The highest BCUT2D eigenvalue weighted by Gasteiger charge is 2.56. The molecule has 0 aromatic heterocycles. The lowest BCUT2D eigenvalue weighted by atomic mass is 10.0. The van der Waals surface area contributed by atoms with Crippen LogP contribution in [-0.2, 0) is 14.6 Å². The zero-order valence-corrected chi connectivity index (χ0v) is 22.5. The predicted molar refractivity (Wildman–Crippen MR) is 131 cm³/mol. The number of nitrogens with zero attached hydrogens (tertiary/aromatic N) is 1. The number of sulfone groups is 1. The van der Waals surface area contributed by atoms with Gasteiger partial charge in [0.1, 0.15) is 10.5 Å².